The molecule has 0 heterocycles. The topological polar surface area (TPSA) is 72.8 Å². The van der Waals surface area contributed by atoms with Crippen molar-refractivity contribution >= 4 is 79.7 Å². The van der Waals surface area contributed by atoms with Crippen molar-refractivity contribution in [1.82, 2.24) is 0 Å². The lowest BCUT2D eigenvalue weighted by atomic mass is 10.2. The van der Waals surface area contributed by atoms with Crippen molar-refractivity contribution in [3.05, 3.63) is 46.6 Å². The van der Waals surface area contributed by atoms with E-state index in [4.69, 9.17) is 9.47 Å². The lowest BCUT2D eigenvalue weighted by molar-refractivity contribution is -0.131. The highest BCUT2D eigenvalue weighted by atomic mass is 127. The lowest BCUT2D eigenvalue weighted by Gasteiger charge is -2.10. The third-order valence-electron chi connectivity index (χ3n) is 2.59. The van der Waals surface area contributed by atoms with E-state index in [1.165, 1.54) is 25.1 Å². The predicted octanol–water partition coefficient (Wildman–Crippen LogP) is 4.35. The van der Waals surface area contributed by atoms with Gasteiger partial charge in [0.2, 0.25) is 0 Å². The van der Waals surface area contributed by atoms with E-state index in [0.717, 1.165) is 10.7 Å². The number of rotatable bonds is 3. The molecule has 0 aliphatic heterocycles. The summed E-state index contributed by atoms with van der Waals surface area (Å²) in [5.74, 6) is -1.05. The van der Waals surface area contributed by atoms with Gasteiger partial charge in [0.1, 0.15) is 17.2 Å². The summed E-state index contributed by atoms with van der Waals surface area (Å²) in [6, 6.07) is 7.64. The molecule has 0 aliphatic carbocycles. The minimum atomic E-state index is -0.545. The summed E-state index contributed by atoms with van der Waals surface area (Å²) in [7, 11) is 0. The molecule has 0 aromatic heterocycles. The standard InChI is InChI=1S/C15H9I3O5/c1-7(19)22-9-4-8(20)5-10(6-9)23-15(21)13-11(16)2-3-12(17)14(13)18/h2-6,20H,1H3. The summed E-state index contributed by atoms with van der Waals surface area (Å²) in [4.78, 5) is 23.4. The lowest BCUT2D eigenvalue weighted by Crippen LogP contribution is -2.13. The molecule has 0 saturated heterocycles. The van der Waals surface area contributed by atoms with Gasteiger partial charge in [-0.15, -0.1) is 0 Å². The van der Waals surface area contributed by atoms with E-state index in [0.29, 0.717) is 5.56 Å². The van der Waals surface area contributed by atoms with Gasteiger partial charge in [0.05, 0.1) is 5.56 Å². The molecule has 0 saturated carbocycles. The first kappa shape index (κ1) is 18.7. The normalized spacial score (nSPS) is 10.3. The van der Waals surface area contributed by atoms with Gasteiger partial charge in [-0.2, -0.15) is 0 Å². The Hall–Kier alpha value is -0.630. The fourth-order valence-corrected chi connectivity index (χ4v) is 4.04. The van der Waals surface area contributed by atoms with Crippen LogP contribution < -0.4 is 9.47 Å². The van der Waals surface area contributed by atoms with Crippen molar-refractivity contribution in [2.75, 3.05) is 0 Å². The number of hydrogen-bond donors (Lipinski definition) is 1. The van der Waals surface area contributed by atoms with Crippen LogP contribution in [0.25, 0.3) is 0 Å². The number of phenols is 1. The maximum Gasteiger partial charge on any atom is 0.345 e. The van der Waals surface area contributed by atoms with Crippen molar-refractivity contribution in [2.24, 2.45) is 0 Å². The Balaban J connectivity index is 2.32. The molecule has 0 bridgehead atoms. The first-order chi connectivity index (χ1) is 10.8. The molecule has 120 valence electrons. The zero-order chi connectivity index (χ0) is 17.1. The van der Waals surface area contributed by atoms with Crippen molar-refractivity contribution in [2.45, 2.75) is 6.92 Å². The summed E-state index contributed by atoms with van der Waals surface area (Å²) < 4.78 is 12.7. The van der Waals surface area contributed by atoms with Crippen LogP contribution in [0, 0.1) is 10.7 Å². The van der Waals surface area contributed by atoms with Crippen molar-refractivity contribution in [3.8, 4) is 17.2 Å². The first-order valence-corrected chi connectivity index (χ1v) is 9.39. The molecule has 0 radical (unpaired) electrons. The van der Waals surface area contributed by atoms with E-state index in [9.17, 15) is 14.7 Å². The van der Waals surface area contributed by atoms with E-state index in [1.807, 2.05) is 12.1 Å². The maximum atomic E-state index is 12.4. The van der Waals surface area contributed by atoms with Crippen LogP contribution in [0.15, 0.2) is 30.3 Å². The van der Waals surface area contributed by atoms with Gasteiger partial charge in [0.15, 0.2) is 0 Å². The molecule has 0 amide bonds. The van der Waals surface area contributed by atoms with E-state index < -0.39 is 11.9 Å². The minimum absolute atomic E-state index is 0.0942. The molecule has 0 atom stereocenters. The van der Waals surface area contributed by atoms with Gasteiger partial charge >= 0.3 is 11.9 Å². The highest BCUT2D eigenvalue weighted by Crippen LogP contribution is 2.29. The Morgan fingerprint density at radius 2 is 1.52 bits per heavy atom. The summed E-state index contributed by atoms with van der Waals surface area (Å²) in [5, 5.41) is 9.66. The van der Waals surface area contributed by atoms with E-state index in [1.54, 1.807) is 0 Å². The van der Waals surface area contributed by atoms with Crippen molar-refractivity contribution in [3.63, 3.8) is 0 Å². The Morgan fingerprint density at radius 1 is 0.957 bits per heavy atom. The molecule has 5 nitrogen and oxygen atoms in total. The number of benzene rings is 2. The van der Waals surface area contributed by atoms with Crippen LogP contribution in [-0.2, 0) is 4.79 Å². The Bertz CT molecular complexity index is 789. The van der Waals surface area contributed by atoms with Crippen LogP contribution in [0.4, 0.5) is 0 Å². The second-order valence-electron chi connectivity index (χ2n) is 4.36. The molecular formula is C15H9I3O5. The molecule has 1 N–H and O–H groups in total. The number of ether oxygens (including phenoxy) is 2. The zero-order valence-corrected chi connectivity index (χ0v) is 18.1. The number of hydrogen-bond acceptors (Lipinski definition) is 5. The maximum absolute atomic E-state index is 12.4. The molecule has 0 aliphatic rings. The zero-order valence-electron chi connectivity index (χ0n) is 11.6. The quantitative estimate of drug-likeness (QED) is 0.232. The number of phenolic OH excluding ortho intramolecular Hbond substituents is 1. The average molecular weight is 650 g/mol. The Labute approximate surface area is 173 Å². The summed E-state index contributed by atoms with van der Waals surface area (Å²) in [6.45, 7) is 1.24. The molecule has 0 spiro atoms. The van der Waals surface area contributed by atoms with Gasteiger partial charge in [-0.1, -0.05) is 0 Å². The van der Waals surface area contributed by atoms with Gasteiger partial charge in [-0.05, 0) is 79.9 Å². The highest BCUT2D eigenvalue weighted by molar-refractivity contribution is 14.1. The summed E-state index contributed by atoms with van der Waals surface area (Å²) in [5.41, 5.74) is 0.454. The largest absolute Gasteiger partial charge is 0.508 e. The molecule has 0 fully saturated rings. The van der Waals surface area contributed by atoms with Crippen molar-refractivity contribution in [1.29, 1.82) is 0 Å². The minimum Gasteiger partial charge on any atom is -0.508 e. The smallest absolute Gasteiger partial charge is 0.345 e. The van der Waals surface area contributed by atoms with Crippen LogP contribution in [0.2, 0.25) is 0 Å². The number of halogens is 3. The fraction of sp³-hybridized carbons (Fsp3) is 0.0667. The molecule has 2 aromatic carbocycles. The Kier molecular flexibility index (Phi) is 6.48. The van der Waals surface area contributed by atoms with E-state index >= 15 is 0 Å². The summed E-state index contributed by atoms with van der Waals surface area (Å²) >= 11 is 6.29. The van der Waals surface area contributed by atoms with Gasteiger partial charge < -0.3 is 14.6 Å². The van der Waals surface area contributed by atoms with E-state index in [-0.39, 0.29) is 17.2 Å². The van der Waals surface area contributed by atoms with Crippen LogP contribution >= 0.6 is 67.8 Å². The van der Waals surface area contributed by atoms with Gasteiger partial charge in [-0.3, -0.25) is 4.79 Å². The molecule has 2 rings (SSSR count). The monoisotopic (exact) mass is 650 g/mol. The number of carbonyl (C=O) groups excluding carboxylic acids is 2. The van der Waals surface area contributed by atoms with Gasteiger partial charge in [0, 0.05) is 35.8 Å². The molecule has 23 heavy (non-hydrogen) atoms. The molecule has 8 heteroatoms. The highest BCUT2D eigenvalue weighted by Gasteiger charge is 2.19. The van der Waals surface area contributed by atoms with Gasteiger partial charge in [0.25, 0.3) is 0 Å². The third-order valence-corrected chi connectivity index (χ3v) is 6.54. The fourth-order valence-electron chi connectivity index (χ4n) is 1.71. The molecular weight excluding hydrogens is 641 g/mol. The molecule has 0 unspecified atom stereocenters. The second kappa shape index (κ2) is 7.96. The van der Waals surface area contributed by atoms with Crippen LogP contribution in [0.3, 0.4) is 0 Å². The van der Waals surface area contributed by atoms with Gasteiger partial charge in [-0.25, -0.2) is 4.79 Å². The number of carbonyl (C=O) groups is 2. The average Bonchev–Trinajstić information content (AvgIpc) is 2.42. The first-order valence-electron chi connectivity index (χ1n) is 6.16. The predicted molar refractivity (Wildman–Crippen MR) is 109 cm³/mol. The SMILES string of the molecule is CC(=O)Oc1cc(O)cc(OC(=O)c2c(I)ccc(I)c2I)c1. The van der Waals surface area contributed by atoms with E-state index in [2.05, 4.69) is 67.8 Å². The van der Waals surface area contributed by atoms with Crippen LogP contribution in [0.5, 0.6) is 17.2 Å². The third kappa shape index (κ3) is 4.92. The summed E-state index contributed by atoms with van der Waals surface area (Å²) in [6.07, 6.45) is 0. The number of esters is 2. The van der Waals surface area contributed by atoms with Crippen LogP contribution in [-0.4, -0.2) is 17.0 Å². The Morgan fingerprint density at radius 3 is 2.13 bits per heavy atom. The van der Waals surface area contributed by atoms with Crippen LogP contribution in [0.1, 0.15) is 17.3 Å². The number of aromatic hydroxyl groups is 1. The molecule has 2 aromatic rings. The second-order valence-corrected chi connectivity index (χ2v) is 7.77. The van der Waals surface area contributed by atoms with Crippen molar-refractivity contribution < 1.29 is 24.2 Å².